The number of hydrogen-bond acceptors (Lipinski definition) is 5. The molecule has 3 aromatic rings. The molecule has 1 aliphatic rings. The molecule has 2 aromatic carbocycles. The van der Waals surface area contributed by atoms with Crippen molar-refractivity contribution in [3.8, 4) is 5.75 Å². The summed E-state index contributed by atoms with van der Waals surface area (Å²) in [5.74, 6) is -0.484. The third-order valence-corrected chi connectivity index (χ3v) is 8.30. The number of methoxy groups -OCH3 is 1. The monoisotopic (exact) mass is 565 g/mol. The highest BCUT2D eigenvalue weighted by molar-refractivity contribution is 7.91. The van der Waals surface area contributed by atoms with E-state index in [4.69, 9.17) is 51.1 Å². The van der Waals surface area contributed by atoms with Gasteiger partial charge in [-0.05, 0) is 30.3 Å². The van der Waals surface area contributed by atoms with Gasteiger partial charge in [0.15, 0.2) is 11.4 Å². The van der Waals surface area contributed by atoms with Gasteiger partial charge in [-0.1, -0.05) is 46.4 Å². The third kappa shape index (κ3) is 4.58. The standard InChI is InChI=1S/C21H19Cl4N3O5S/c1-33-18-5-3-14(34(31,32)19-12-26-16-4-2-13(22)10-15(16)19)11-17(18)28(30)8-6-27(7-9-28)20(29)21(23,24)25/h2-5,10-12,26H,6-9H2,1H3. The van der Waals surface area contributed by atoms with Crippen LogP contribution in [-0.4, -0.2) is 61.3 Å². The Balaban J connectivity index is 1.71. The molecule has 0 saturated carbocycles. The number of piperazine rings is 1. The second-order valence-electron chi connectivity index (χ2n) is 7.81. The van der Waals surface area contributed by atoms with Crippen LogP contribution in [0.25, 0.3) is 10.9 Å². The van der Waals surface area contributed by atoms with Gasteiger partial charge in [-0.15, -0.1) is 0 Å². The summed E-state index contributed by atoms with van der Waals surface area (Å²) in [5, 5.41) is 14.6. The Kier molecular flexibility index (Phi) is 6.76. The Labute approximate surface area is 216 Å². The number of aromatic nitrogens is 1. The number of hydrogen-bond donors (Lipinski definition) is 1. The van der Waals surface area contributed by atoms with Crippen LogP contribution in [0, 0.1) is 5.21 Å². The molecule has 8 nitrogen and oxygen atoms in total. The van der Waals surface area contributed by atoms with Gasteiger partial charge in [-0.25, -0.2) is 8.42 Å². The summed E-state index contributed by atoms with van der Waals surface area (Å²) < 4.78 is 29.3. The van der Waals surface area contributed by atoms with Gasteiger partial charge in [0.1, 0.15) is 13.1 Å². The van der Waals surface area contributed by atoms with Gasteiger partial charge in [-0.2, -0.15) is 0 Å². The molecule has 1 amide bonds. The molecule has 4 rings (SSSR count). The fourth-order valence-electron chi connectivity index (χ4n) is 3.98. The zero-order valence-electron chi connectivity index (χ0n) is 17.7. The molecule has 1 N–H and O–H groups in total. The highest BCUT2D eigenvalue weighted by Crippen LogP contribution is 2.39. The van der Waals surface area contributed by atoms with Crippen molar-refractivity contribution in [1.82, 2.24) is 14.5 Å². The Hall–Kier alpha value is -1.72. The van der Waals surface area contributed by atoms with E-state index >= 15 is 0 Å². The molecule has 0 unspecified atom stereocenters. The number of carbonyl (C=O) groups excluding carboxylic acids is 1. The lowest BCUT2D eigenvalue weighted by molar-refractivity contribution is -0.131. The lowest BCUT2D eigenvalue weighted by Gasteiger charge is -2.48. The fourth-order valence-corrected chi connectivity index (χ4v) is 5.95. The third-order valence-electron chi connectivity index (χ3n) is 5.79. The number of sulfone groups is 1. The molecular formula is C21H19Cl4N3O5S. The number of fused-ring (bicyclic) bond motifs is 1. The minimum atomic E-state index is -4.01. The lowest BCUT2D eigenvalue weighted by Crippen LogP contribution is -2.59. The van der Waals surface area contributed by atoms with Crippen LogP contribution in [0.1, 0.15) is 0 Å². The van der Waals surface area contributed by atoms with E-state index in [1.807, 2.05) is 0 Å². The normalized spacial score (nSPS) is 16.6. The smallest absolute Gasteiger partial charge is 0.275 e. The molecule has 0 atom stereocenters. The first kappa shape index (κ1) is 25.4. The number of H-pyrrole nitrogens is 1. The van der Waals surface area contributed by atoms with E-state index in [-0.39, 0.29) is 47.4 Å². The highest BCUT2D eigenvalue weighted by Gasteiger charge is 2.40. The molecule has 1 aromatic heterocycles. The van der Waals surface area contributed by atoms with Gasteiger partial charge in [0.05, 0.1) is 30.0 Å². The average Bonchev–Trinajstić information content (AvgIpc) is 3.22. The number of carbonyl (C=O) groups is 1. The van der Waals surface area contributed by atoms with Crippen LogP contribution >= 0.6 is 46.4 Å². The summed E-state index contributed by atoms with van der Waals surface area (Å²) in [6.45, 7) is -0.0985. The molecule has 2 heterocycles. The second kappa shape index (κ2) is 9.05. The minimum absolute atomic E-state index is 0.0251. The van der Waals surface area contributed by atoms with Crippen LogP contribution in [0.3, 0.4) is 0 Å². The molecular weight excluding hydrogens is 548 g/mol. The summed E-state index contributed by atoms with van der Waals surface area (Å²) in [6, 6.07) is 9.05. The number of ether oxygens (including phenoxy) is 1. The molecule has 0 aliphatic carbocycles. The summed E-state index contributed by atoms with van der Waals surface area (Å²) in [4.78, 5) is 16.4. The zero-order valence-corrected chi connectivity index (χ0v) is 21.6. The second-order valence-corrected chi connectivity index (χ2v) is 12.4. The predicted octanol–water partition coefficient (Wildman–Crippen LogP) is 4.68. The van der Waals surface area contributed by atoms with Crippen LogP contribution < -0.4 is 9.38 Å². The number of amides is 1. The number of aromatic amines is 1. The van der Waals surface area contributed by atoms with Crippen molar-refractivity contribution >= 4 is 78.7 Å². The maximum absolute atomic E-state index is 13.7. The maximum Gasteiger partial charge on any atom is 0.275 e. The van der Waals surface area contributed by atoms with Gasteiger partial charge in [0, 0.05) is 28.2 Å². The Bertz CT molecular complexity index is 1360. The largest absolute Gasteiger partial charge is 0.627 e. The SMILES string of the molecule is COc1ccc(S(=O)(=O)c2c[nH]c3ccc(Cl)cc23)cc1[N+]1([O-])CCN(C(=O)C(Cl)(Cl)Cl)CC1. The Morgan fingerprint density at radius 1 is 1.15 bits per heavy atom. The van der Waals surface area contributed by atoms with Crippen molar-refractivity contribution in [2.75, 3.05) is 33.3 Å². The number of quaternary nitrogens is 1. The average molecular weight is 567 g/mol. The van der Waals surface area contributed by atoms with Gasteiger partial charge < -0.3 is 24.5 Å². The van der Waals surface area contributed by atoms with Crippen molar-refractivity contribution in [3.05, 3.63) is 52.8 Å². The Morgan fingerprint density at radius 3 is 2.44 bits per heavy atom. The zero-order chi connectivity index (χ0) is 24.9. The van der Waals surface area contributed by atoms with Gasteiger partial charge in [0.2, 0.25) is 9.84 Å². The maximum atomic E-state index is 13.7. The molecule has 0 spiro atoms. The summed E-state index contributed by atoms with van der Waals surface area (Å²) in [6.07, 6.45) is 1.39. The van der Waals surface area contributed by atoms with Crippen LogP contribution in [0.4, 0.5) is 5.69 Å². The molecule has 182 valence electrons. The van der Waals surface area contributed by atoms with Crippen LogP contribution in [0.5, 0.6) is 5.75 Å². The van der Waals surface area contributed by atoms with E-state index in [1.165, 1.54) is 36.4 Å². The number of benzene rings is 2. The summed E-state index contributed by atoms with van der Waals surface area (Å²) in [7, 11) is -2.61. The molecule has 0 bridgehead atoms. The van der Waals surface area contributed by atoms with E-state index in [0.717, 1.165) is 0 Å². The predicted molar refractivity (Wildman–Crippen MR) is 134 cm³/mol. The minimum Gasteiger partial charge on any atom is -0.627 e. The van der Waals surface area contributed by atoms with Crippen molar-refractivity contribution < 1.29 is 17.9 Å². The molecule has 1 aliphatic heterocycles. The van der Waals surface area contributed by atoms with E-state index < -0.39 is 24.2 Å². The van der Waals surface area contributed by atoms with Crippen molar-refractivity contribution in [1.29, 1.82) is 0 Å². The quantitative estimate of drug-likeness (QED) is 0.280. The van der Waals surface area contributed by atoms with Gasteiger partial charge in [0.25, 0.3) is 9.70 Å². The number of rotatable bonds is 4. The summed E-state index contributed by atoms with van der Waals surface area (Å²) in [5.41, 5.74) is 0.737. The van der Waals surface area contributed by atoms with E-state index in [2.05, 4.69) is 4.98 Å². The Morgan fingerprint density at radius 2 is 1.82 bits per heavy atom. The van der Waals surface area contributed by atoms with Crippen molar-refractivity contribution in [2.24, 2.45) is 0 Å². The van der Waals surface area contributed by atoms with E-state index in [1.54, 1.807) is 18.2 Å². The number of alkyl halides is 3. The first-order valence-electron chi connectivity index (χ1n) is 10.0. The molecule has 34 heavy (non-hydrogen) atoms. The van der Waals surface area contributed by atoms with E-state index in [0.29, 0.717) is 15.9 Å². The van der Waals surface area contributed by atoms with Gasteiger partial charge in [-0.3, -0.25) is 4.79 Å². The van der Waals surface area contributed by atoms with Crippen LogP contribution in [0.2, 0.25) is 5.02 Å². The van der Waals surface area contributed by atoms with Crippen molar-refractivity contribution in [2.45, 2.75) is 13.6 Å². The topological polar surface area (TPSA) is 103 Å². The number of nitrogens with zero attached hydrogens (tertiary/aromatic N) is 2. The molecule has 1 saturated heterocycles. The molecule has 0 radical (unpaired) electrons. The number of hydroxylamine groups is 2. The summed E-state index contributed by atoms with van der Waals surface area (Å²) >= 11 is 23.1. The molecule has 1 fully saturated rings. The lowest BCUT2D eigenvalue weighted by atomic mass is 10.2. The number of nitrogens with one attached hydrogen (secondary N) is 1. The van der Waals surface area contributed by atoms with E-state index in [9.17, 15) is 18.4 Å². The highest BCUT2D eigenvalue weighted by atomic mass is 35.6. The van der Waals surface area contributed by atoms with Crippen LogP contribution in [0.15, 0.2) is 52.4 Å². The molecule has 13 heteroatoms. The first-order valence-corrected chi connectivity index (χ1v) is 13.0. The van der Waals surface area contributed by atoms with Crippen molar-refractivity contribution in [3.63, 3.8) is 0 Å². The number of halogens is 4. The first-order chi connectivity index (χ1) is 15.9. The van der Waals surface area contributed by atoms with Crippen LogP contribution in [-0.2, 0) is 14.6 Å². The fraction of sp³-hybridized carbons (Fsp3) is 0.286. The van der Waals surface area contributed by atoms with Gasteiger partial charge >= 0.3 is 0 Å².